The fourth-order valence-corrected chi connectivity index (χ4v) is 2.65. The summed E-state index contributed by atoms with van der Waals surface area (Å²) in [5.74, 6) is -0.0127. The molecule has 0 radical (unpaired) electrons. The van der Waals surface area contributed by atoms with Crippen LogP contribution in [0, 0.1) is 5.92 Å². The van der Waals surface area contributed by atoms with Gasteiger partial charge in [0.05, 0.1) is 0 Å². The smallest absolute Gasteiger partial charge is 0.249 e. The number of likely N-dealkylation sites (N-methyl/N-ethyl adjacent to an activating group) is 1. The zero-order chi connectivity index (χ0) is 13.4. The van der Waals surface area contributed by atoms with Gasteiger partial charge >= 0.3 is 0 Å². The topological polar surface area (TPSA) is 52.6 Å². The van der Waals surface area contributed by atoms with Gasteiger partial charge in [0.25, 0.3) is 0 Å². The van der Waals surface area contributed by atoms with Crippen LogP contribution >= 0.6 is 0 Å². The minimum absolute atomic E-state index is 0.173. The van der Waals surface area contributed by atoms with Crippen molar-refractivity contribution in [1.82, 2.24) is 10.2 Å². The lowest BCUT2D eigenvalue weighted by Crippen LogP contribution is -2.43. The average molecular weight is 256 g/mol. The third-order valence-corrected chi connectivity index (χ3v) is 3.99. The standard InChI is InChI=1S/C14H28N2O2/c1-3-16(4-2)11-10-15-14(18)13(17)12-8-6-5-7-9-12/h12-13,17H,3-11H2,1-2H3,(H,15,18)/t13-/m0/s1. The van der Waals surface area contributed by atoms with Crippen LogP contribution in [-0.2, 0) is 4.79 Å². The minimum Gasteiger partial charge on any atom is -0.383 e. The molecule has 4 nitrogen and oxygen atoms in total. The highest BCUT2D eigenvalue weighted by molar-refractivity contribution is 5.80. The molecule has 1 aliphatic carbocycles. The van der Waals surface area contributed by atoms with Crippen LogP contribution in [0.4, 0.5) is 0 Å². The van der Waals surface area contributed by atoms with Gasteiger partial charge in [-0.1, -0.05) is 33.1 Å². The minimum atomic E-state index is -0.804. The first kappa shape index (κ1) is 15.4. The fraction of sp³-hybridized carbons (Fsp3) is 0.929. The third kappa shape index (κ3) is 4.94. The van der Waals surface area contributed by atoms with Crippen LogP contribution in [-0.4, -0.2) is 48.2 Å². The number of hydrogen-bond acceptors (Lipinski definition) is 3. The zero-order valence-corrected chi connectivity index (χ0v) is 11.8. The molecule has 106 valence electrons. The number of rotatable bonds is 7. The normalized spacial score (nSPS) is 18.9. The van der Waals surface area contributed by atoms with Gasteiger partial charge in [-0.05, 0) is 31.8 Å². The maximum absolute atomic E-state index is 11.8. The Kier molecular flexibility index (Phi) is 7.28. The number of amides is 1. The van der Waals surface area contributed by atoms with Crippen LogP contribution in [0.2, 0.25) is 0 Å². The van der Waals surface area contributed by atoms with Crippen molar-refractivity contribution >= 4 is 5.91 Å². The summed E-state index contributed by atoms with van der Waals surface area (Å²) in [6, 6.07) is 0. The van der Waals surface area contributed by atoms with E-state index in [9.17, 15) is 9.90 Å². The van der Waals surface area contributed by atoms with Gasteiger partial charge in [-0.25, -0.2) is 0 Å². The lowest BCUT2D eigenvalue weighted by atomic mass is 9.85. The number of aliphatic hydroxyl groups excluding tert-OH is 1. The monoisotopic (exact) mass is 256 g/mol. The maximum atomic E-state index is 11.8. The van der Waals surface area contributed by atoms with Crippen LogP contribution in [0.3, 0.4) is 0 Å². The zero-order valence-electron chi connectivity index (χ0n) is 11.8. The van der Waals surface area contributed by atoms with Gasteiger partial charge in [0.2, 0.25) is 5.91 Å². The van der Waals surface area contributed by atoms with Crippen molar-refractivity contribution in [3.05, 3.63) is 0 Å². The molecule has 0 aromatic carbocycles. The van der Waals surface area contributed by atoms with Gasteiger partial charge < -0.3 is 15.3 Å². The van der Waals surface area contributed by atoms with E-state index in [2.05, 4.69) is 24.1 Å². The van der Waals surface area contributed by atoms with E-state index in [1.54, 1.807) is 0 Å². The largest absolute Gasteiger partial charge is 0.383 e. The van der Waals surface area contributed by atoms with E-state index in [1.807, 2.05) is 0 Å². The molecule has 0 aromatic rings. The van der Waals surface area contributed by atoms with Crippen molar-refractivity contribution in [1.29, 1.82) is 0 Å². The number of aliphatic hydroxyl groups is 1. The van der Waals surface area contributed by atoms with Gasteiger partial charge in [-0.2, -0.15) is 0 Å². The van der Waals surface area contributed by atoms with Gasteiger partial charge in [0.1, 0.15) is 6.10 Å². The van der Waals surface area contributed by atoms with Crippen LogP contribution in [0.5, 0.6) is 0 Å². The molecule has 0 unspecified atom stereocenters. The average Bonchev–Trinajstić information content (AvgIpc) is 2.43. The Morgan fingerprint density at radius 3 is 2.44 bits per heavy atom. The summed E-state index contributed by atoms with van der Waals surface area (Å²) in [5.41, 5.74) is 0. The van der Waals surface area contributed by atoms with E-state index in [1.165, 1.54) is 6.42 Å². The van der Waals surface area contributed by atoms with Crippen LogP contribution in [0.1, 0.15) is 46.0 Å². The molecule has 1 saturated carbocycles. The Hall–Kier alpha value is -0.610. The molecular weight excluding hydrogens is 228 g/mol. The first-order chi connectivity index (χ1) is 8.69. The molecular formula is C14H28N2O2. The van der Waals surface area contributed by atoms with Gasteiger partial charge in [-0.3, -0.25) is 4.79 Å². The number of hydrogen-bond donors (Lipinski definition) is 2. The fourth-order valence-electron chi connectivity index (χ4n) is 2.65. The molecule has 4 heteroatoms. The van der Waals surface area contributed by atoms with E-state index in [0.29, 0.717) is 6.54 Å². The van der Waals surface area contributed by atoms with E-state index in [4.69, 9.17) is 0 Å². The van der Waals surface area contributed by atoms with Crippen molar-refractivity contribution in [2.75, 3.05) is 26.2 Å². The van der Waals surface area contributed by atoms with Gasteiger partial charge in [0, 0.05) is 13.1 Å². The lowest BCUT2D eigenvalue weighted by Gasteiger charge is -2.26. The first-order valence-corrected chi connectivity index (χ1v) is 7.37. The highest BCUT2D eigenvalue weighted by Crippen LogP contribution is 2.26. The van der Waals surface area contributed by atoms with E-state index >= 15 is 0 Å². The molecule has 0 aromatic heterocycles. The van der Waals surface area contributed by atoms with E-state index < -0.39 is 6.10 Å². The van der Waals surface area contributed by atoms with Gasteiger partial charge in [-0.15, -0.1) is 0 Å². The molecule has 1 atom stereocenters. The van der Waals surface area contributed by atoms with Crippen LogP contribution in [0.25, 0.3) is 0 Å². The summed E-state index contributed by atoms with van der Waals surface area (Å²) in [4.78, 5) is 14.1. The van der Waals surface area contributed by atoms with Crippen LogP contribution in [0.15, 0.2) is 0 Å². The highest BCUT2D eigenvalue weighted by Gasteiger charge is 2.27. The Morgan fingerprint density at radius 1 is 1.28 bits per heavy atom. The second kappa shape index (κ2) is 8.48. The Bertz CT molecular complexity index is 236. The van der Waals surface area contributed by atoms with Crippen molar-refractivity contribution in [3.8, 4) is 0 Å². The molecule has 1 rings (SSSR count). The maximum Gasteiger partial charge on any atom is 0.249 e. The van der Waals surface area contributed by atoms with E-state index in [0.717, 1.165) is 45.3 Å². The summed E-state index contributed by atoms with van der Waals surface area (Å²) < 4.78 is 0. The summed E-state index contributed by atoms with van der Waals surface area (Å²) in [6.45, 7) is 7.71. The number of nitrogens with zero attached hydrogens (tertiary/aromatic N) is 1. The first-order valence-electron chi connectivity index (χ1n) is 7.37. The Balaban J connectivity index is 2.22. The second-order valence-corrected chi connectivity index (χ2v) is 5.16. The molecule has 0 bridgehead atoms. The van der Waals surface area contributed by atoms with Crippen molar-refractivity contribution in [2.24, 2.45) is 5.92 Å². The molecule has 1 aliphatic rings. The molecule has 1 fully saturated rings. The lowest BCUT2D eigenvalue weighted by molar-refractivity contribution is -0.132. The third-order valence-electron chi connectivity index (χ3n) is 3.99. The molecule has 0 aliphatic heterocycles. The van der Waals surface area contributed by atoms with Crippen molar-refractivity contribution in [3.63, 3.8) is 0 Å². The summed E-state index contributed by atoms with van der Waals surface area (Å²) >= 11 is 0. The number of carbonyl (C=O) groups excluding carboxylic acids is 1. The molecule has 0 saturated heterocycles. The van der Waals surface area contributed by atoms with Gasteiger partial charge in [0.15, 0.2) is 0 Å². The van der Waals surface area contributed by atoms with Crippen molar-refractivity contribution < 1.29 is 9.90 Å². The SMILES string of the molecule is CCN(CC)CCNC(=O)[C@@H](O)C1CCCCC1. The molecule has 0 spiro atoms. The number of carbonyl (C=O) groups is 1. The molecule has 0 heterocycles. The Labute approximate surface area is 111 Å². The van der Waals surface area contributed by atoms with Crippen LogP contribution < -0.4 is 5.32 Å². The molecule has 2 N–H and O–H groups in total. The predicted octanol–water partition coefficient (Wildman–Crippen LogP) is 1.39. The van der Waals surface area contributed by atoms with Crippen molar-refractivity contribution in [2.45, 2.75) is 52.1 Å². The highest BCUT2D eigenvalue weighted by atomic mass is 16.3. The molecule has 1 amide bonds. The van der Waals surface area contributed by atoms with E-state index in [-0.39, 0.29) is 11.8 Å². The number of nitrogens with one attached hydrogen (secondary N) is 1. The second-order valence-electron chi connectivity index (χ2n) is 5.16. The summed E-state index contributed by atoms with van der Waals surface area (Å²) in [7, 11) is 0. The quantitative estimate of drug-likeness (QED) is 0.723. The Morgan fingerprint density at radius 2 is 1.89 bits per heavy atom. The predicted molar refractivity (Wildman–Crippen MR) is 73.4 cm³/mol. The summed E-state index contributed by atoms with van der Waals surface area (Å²) in [5, 5.41) is 12.8. The summed E-state index contributed by atoms with van der Waals surface area (Å²) in [6.07, 6.45) is 4.72. The molecule has 18 heavy (non-hydrogen) atoms.